The fourth-order valence-electron chi connectivity index (χ4n) is 2.45. The van der Waals surface area contributed by atoms with Crippen LogP contribution < -0.4 is 0 Å². The molecule has 0 fully saturated rings. The number of fused-ring (bicyclic) bond motifs is 1. The third kappa shape index (κ3) is 2.10. The standard InChI is InChI=1S/C16H13N5O/c1-21-9-13(12-4-2-3-5-14(12)21)16-19-15(22-20-16)7-6-11-8-17-10-18-11/h2-10H,1H3,(H,17,18). The first-order valence-electron chi connectivity index (χ1n) is 6.86. The van der Waals surface area contributed by atoms with E-state index in [2.05, 4.69) is 36.8 Å². The molecular weight excluding hydrogens is 278 g/mol. The van der Waals surface area contributed by atoms with Crippen LogP contribution in [-0.2, 0) is 7.05 Å². The van der Waals surface area contributed by atoms with E-state index in [4.69, 9.17) is 4.52 Å². The van der Waals surface area contributed by atoms with E-state index in [1.807, 2.05) is 31.5 Å². The predicted molar refractivity (Wildman–Crippen MR) is 83.7 cm³/mol. The van der Waals surface area contributed by atoms with Gasteiger partial charge in [0.15, 0.2) is 0 Å². The van der Waals surface area contributed by atoms with E-state index in [-0.39, 0.29) is 0 Å². The Morgan fingerprint density at radius 2 is 2.14 bits per heavy atom. The van der Waals surface area contributed by atoms with Gasteiger partial charge in [0.25, 0.3) is 5.89 Å². The van der Waals surface area contributed by atoms with Gasteiger partial charge in [-0.15, -0.1) is 0 Å². The molecule has 3 aromatic heterocycles. The molecule has 22 heavy (non-hydrogen) atoms. The average molecular weight is 291 g/mol. The third-order valence-corrected chi connectivity index (χ3v) is 3.50. The monoisotopic (exact) mass is 291 g/mol. The van der Waals surface area contributed by atoms with Crippen LogP contribution in [0.3, 0.4) is 0 Å². The number of aromatic nitrogens is 5. The summed E-state index contributed by atoms with van der Waals surface area (Å²) in [7, 11) is 2.00. The minimum atomic E-state index is 0.456. The van der Waals surface area contributed by atoms with Gasteiger partial charge in [0.1, 0.15) is 0 Å². The van der Waals surface area contributed by atoms with Gasteiger partial charge < -0.3 is 14.1 Å². The molecule has 0 aliphatic rings. The van der Waals surface area contributed by atoms with E-state index < -0.39 is 0 Å². The molecule has 0 saturated carbocycles. The minimum absolute atomic E-state index is 0.456. The number of hydrogen-bond donors (Lipinski definition) is 1. The maximum atomic E-state index is 5.28. The van der Waals surface area contributed by atoms with E-state index in [0.717, 1.165) is 22.2 Å². The van der Waals surface area contributed by atoms with Crippen molar-refractivity contribution in [3.05, 3.63) is 54.6 Å². The lowest BCUT2D eigenvalue weighted by molar-refractivity contribution is 0.411. The smallest absolute Gasteiger partial charge is 0.251 e. The number of benzene rings is 1. The van der Waals surface area contributed by atoms with Crippen molar-refractivity contribution >= 4 is 23.1 Å². The van der Waals surface area contributed by atoms with Gasteiger partial charge >= 0.3 is 0 Å². The van der Waals surface area contributed by atoms with E-state index in [9.17, 15) is 0 Å². The first kappa shape index (κ1) is 12.6. The van der Waals surface area contributed by atoms with Crippen molar-refractivity contribution in [2.45, 2.75) is 0 Å². The van der Waals surface area contributed by atoms with Gasteiger partial charge in [0, 0.05) is 35.8 Å². The van der Waals surface area contributed by atoms with Crippen LogP contribution in [0.25, 0.3) is 34.4 Å². The number of para-hydroxylation sites is 1. The number of rotatable bonds is 3. The van der Waals surface area contributed by atoms with Crippen LogP contribution >= 0.6 is 0 Å². The molecule has 0 bridgehead atoms. The van der Waals surface area contributed by atoms with Crippen molar-refractivity contribution in [3.8, 4) is 11.4 Å². The molecule has 0 aliphatic carbocycles. The molecule has 0 aliphatic heterocycles. The van der Waals surface area contributed by atoms with Gasteiger partial charge in [0.2, 0.25) is 5.82 Å². The maximum Gasteiger partial charge on any atom is 0.251 e. The molecule has 108 valence electrons. The summed E-state index contributed by atoms with van der Waals surface area (Å²) >= 11 is 0. The summed E-state index contributed by atoms with van der Waals surface area (Å²) in [6.07, 6.45) is 8.95. The zero-order valence-electron chi connectivity index (χ0n) is 11.9. The highest BCUT2D eigenvalue weighted by Gasteiger charge is 2.13. The first-order valence-corrected chi connectivity index (χ1v) is 6.86. The Morgan fingerprint density at radius 1 is 1.23 bits per heavy atom. The van der Waals surface area contributed by atoms with Crippen LogP contribution in [-0.4, -0.2) is 24.7 Å². The van der Waals surface area contributed by atoms with Gasteiger partial charge in [0.05, 0.1) is 18.2 Å². The molecule has 1 N–H and O–H groups in total. The molecule has 4 aromatic rings. The quantitative estimate of drug-likeness (QED) is 0.629. The van der Waals surface area contributed by atoms with Crippen LogP contribution in [0.1, 0.15) is 11.6 Å². The van der Waals surface area contributed by atoms with Crippen molar-refractivity contribution in [1.29, 1.82) is 0 Å². The normalized spacial score (nSPS) is 11.7. The number of H-pyrrole nitrogens is 1. The van der Waals surface area contributed by atoms with E-state index >= 15 is 0 Å². The number of imidazole rings is 1. The summed E-state index contributed by atoms with van der Waals surface area (Å²) in [6, 6.07) is 8.14. The Balaban J connectivity index is 1.71. The number of nitrogens with one attached hydrogen (secondary N) is 1. The number of hydrogen-bond acceptors (Lipinski definition) is 4. The number of nitrogens with zero attached hydrogens (tertiary/aromatic N) is 4. The molecule has 6 nitrogen and oxygen atoms in total. The van der Waals surface area contributed by atoms with Crippen molar-refractivity contribution in [1.82, 2.24) is 24.7 Å². The highest BCUT2D eigenvalue weighted by molar-refractivity contribution is 5.94. The Bertz CT molecular complexity index is 946. The third-order valence-electron chi connectivity index (χ3n) is 3.50. The fraction of sp³-hybridized carbons (Fsp3) is 0.0625. The van der Waals surface area contributed by atoms with Crippen LogP contribution in [0.5, 0.6) is 0 Å². The topological polar surface area (TPSA) is 72.5 Å². The van der Waals surface area contributed by atoms with Crippen molar-refractivity contribution in [2.75, 3.05) is 0 Å². The van der Waals surface area contributed by atoms with Crippen molar-refractivity contribution < 1.29 is 4.52 Å². The molecule has 0 saturated heterocycles. The van der Waals surface area contributed by atoms with E-state index in [1.54, 1.807) is 18.6 Å². The van der Waals surface area contributed by atoms with Crippen LogP contribution in [0, 0.1) is 0 Å². The van der Waals surface area contributed by atoms with Gasteiger partial charge in [-0.05, 0) is 12.1 Å². The van der Waals surface area contributed by atoms with Crippen molar-refractivity contribution in [3.63, 3.8) is 0 Å². The Kier molecular flexibility index (Phi) is 2.86. The van der Waals surface area contributed by atoms with Gasteiger partial charge in [-0.1, -0.05) is 23.4 Å². The summed E-state index contributed by atoms with van der Waals surface area (Å²) in [5, 5.41) is 5.18. The second-order valence-electron chi connectivity index (χ2n) is 4.97. The largest absolute Gasteiger partial charge is 0.350 e. The lowest BCUT2D eigenvalue weighted by atomic mass is 10.2. The summed E-state index contributed by atoms with van der Waals surface area (Å²) < 4.78 is 7.34. The average Bonchev–Trinajstić information content (AvgIpc) is 3.26. The first-order chi connectivity index (χ1) is 10.8. The van der Waals surface area contributed by atoms with Gasteiger partial charge in [-0.25, -0.2) is 4.98 Å². The van der Waals surface area contributed by atoms with Crippen LogP contribution in [0.2, 0.25) is 0 Å². The SMILES string of the molecule is Cn1cc(-c2noc(C=Cc3cnc[nH]3)n2)c2ccccc21. The molecule has 0 amide bonds. The zero-order valence-corrected chi connectivity index (χ0v) is 11.9. The minimum Gasteiger partial charge on any atom is -0.350 e. The second kappa shape index (κ2) is 5.00. The van der Waals surface area contributed by atoms with E-state index in [0.29, 0.717) is 11.7 Å². The zero-order chi connectivity index (χ0) is 14.9. The summed E-state index contributed by atoms with van der Waals surface area (Å²) in [4.78, 5) is 11.4. The Hall–Kier alpha value is -3.15. The van der Waals surface area contributed by atoms with Gasteiger partial charge in [-0.3, -0.25) is 0 Å². The molecular formula is C16H13N5O. The molecule has 6 heteroatoms. The molecule has 0 radical (unpaired) electrons. The molecule has 0 atom stereocenters. The molecule has 0 spiro atoms. The highest BCUT2D eigenvalue weighted by atomic mass is 16.5. The maximum absolute atomic E-state index is 5.28. The number of aryl methyl sites for hydroxylation is 1. The lowest BCUT2D eigenvalue weighted by Crippen LogP contribution is -1.82. The van der Waals surface area contributed by atoms with E-state index in [1.165, 1.54) is 0 Å². The molecule has 3 heterocycles. The van der Waals surface area contributed by atoms with Gasteiger partial charge in [-0.2, -0.15) is 4.98 Å². The van der Waals surface area contributed by atoms with Crippen LogP contribution in [0.15, 0.2) is 47.5 Å². The summed E-state index contributed by atoms with van der Waals surface area (Å²) in [5.74, 6) is 1.04. The lowest BCUT2D eigenvalue weighted by Gasteiger charge is -1.93. The van der Waals surface area contributed by atoms with Crippen molar-refractivity contribution in [2.24, 2.45) is 7.05 Å². The predicted octanol–water partition coefficient (Wildman–Crippen LogP) is 3.12. The Morgan fingerprint density at radius 3 is 3.00 bits per heavy atom. The summed E-state index contributed by atoms with van der Waals surface area (Å²) in [6.45, 7) is 0. The second-order valence-corrected chi connectivity index (χ2v) is 4.97. The van der Waals surface area contributed by atoms with Crippen LogP contribution in [0.4, 0.5) is 0 Å². The molecule has 4 rings (SSSR count). The fourth-order valence-corrected chi connectivity index (χ4v) is 2.45. The molecule has 1 aromatic carbocycles. The Labute approximate surface area is 126 Å². The summed E-state index contributed by atoms with van der Waals surface area (Å²) in [5.41, 5.74) is 2.98. The molecule has 0 unspecified atom stereocenters. The highest BCUT2D eigenvalue weighted by Crippen LogP contribution is 2.28. The number of aromatic amines is 1.